The van der Waals surface area contributed by atoms with Gasteiger partial charge in [0.15, 0.2) is 5.65 Å². The normalized spacial score (nSPS) is 35.2. The third kappa shape index (κ3) is 1.57. The van der Waals surface area contributed by atoms with Crippen LogP contribution in [0.1, 0.15) is 31.2 Å². The van der Waals surface area contributed by atoms with Crippen molar-refractivity contribution in [2.45, 2.75) is 41.8 Å². The van der Waals surface area contributed by atoms with Crippen LogP contribution in [-0.4, -0.2) is 30.2 Å². The SMILES string of the molecule is OC1(c2cnc3ccnn3c2)CC2CCC(C1)S2. The molecule has 4 heterocycles. The van der Waals surface area contributed by atoms with Crippen LogP contribution < -0.4 is 0 Å². The minimum atomic E-state index is -0.704. The minimum Gasteiger partial charge on any atom is -0.385 e. The van der Waals surface area contributed by atoms with E-state index >= 15 is 0 Å². The topological polar surface area (TPSA) is 50.4 Å². The lowest BCUT2D eigenvalue weighted by molar-refractivity contribution is 0.0188. The molecule has 0 radical (unpaired) electrons. The highest BCUT2D eigenvalue weighted by Crippen LogP contribution is 2.50. The molecule has 4 rings (SSSR count). The number of hydrogen-bond donors (Lipinski definition) is 1. The zero-order chi connectivity index (χ0) is 12.2. The van der Waals surface area contributed by atoms with Crippen LogP contribution in [0.25, 0.3) is 5.65 Å². The number of fused-ring (bicyclic) bond motifs is 3. The van der Waals surface area contributed by atoms with E-state index in [1.807, 2.05) is 18.5 Å². The molecular formula is C13H15N3OS. The molecule has 94 valence electrons. The van der Waals surface area contributed by atoms with Gasteiger partial charge in [-0.25, -0.2) is 9.50 Å². The number of aromatic nitrogens is 3. The Balaban J connectivity index is 1.76. The standard InChI is InChI=1S/C13H15N3OS/c17-13(5-10-1-2-11(6-13)18-10)9-7-14-12-3-4-15-16(12)8-9/h3-4,7-8,10-11,17H,1-2,5-6H2. The Hall–Kier alpha value is -1.07. The van der Waals surface area contributed by atoms with Gasteiger partial charge in [-0.3, -0.25) is 0 Å². The van der Waals surface area contributed by atoms with Crippen LogP contribution in [0.15, 0.2) is 24.7 Å². The van der Waals surface area contributed by atoms with Crippen LogP contribution in [0.5, 0.6) is 0 Å². The molecule has 2 bridgehead atoms. The first kappa shape index (κ1) is 10.8. The van der Waals surface area contributed by atoms with Gasteiger partial charge in [0.2, 0.25) is 0 Å². The van der Waals surface area contributed by atoms with E-state index in [1.165, 1.54) is 12.8 Å². The monoisotopic (exact) mass is 261 g/mol. The summed E-state index contributed by atoms with van der Waals surface area (Å²) in [6.45, 7) is 0. The van der Waals surface area contributed by atoms with Crippen molar-refractivity contribution < 1.29 is 5.11 Å². The van der Waals surface area contributed by atoms with Crippen molar-refractivity contribution in [3.63, 3.8) is 0 Å². The van der Waals surface area contributed by atoms with E-state index in [0.717, 1.165) is 24.1 Å². The summed E-state index contributed by atoms with van der Waals surface area (Å²) in [6.07, 6.45) is 9.66. The molecule has 1 N–H and O–H groups in total. The van der Waals surface area contributed by atoms with Gasteiger partial charge in [-0.05, 0) is 25.7 Å². The molecule has 0 spiro atoms. The van der Waals surface area contributed by atoms with Crippen LogP contribution in [0.4, 0.5) is 0 Å². The molecule has 0 amide bonds. The number of nitrogens with zero attached hydrogens (tertiary/aromatic N) is 3. The van der Waals surface area contributed by atoms with Gasteiger partial charge >= 0.3 is 0 Å². The first-order valence-corrected chi connectivity index (χ1v) is 7.35. The van der Waals surface area contributed by atoms with E-state index in [1.54, 1.807) is 10.7 Å². The third-order valence-electron chi connectivity index (χ3n) is 4.11. The summed E-state index contributed by atoms with van der Waals surface area (Å²) in [5.41, 5.74) is 1.04. The Morgan fingerprint density at radius 2 is 2.11 bits per heavy atom. The highest BCUT2D eigenvalue weighted by molar-refractivity contribution is 8.00. The maximum Gasteiger partial charge on any atom is 0.154 e. The van der Waals surface area contributed by atoms with E-state index in [4.69, 9.17) is 0 Å². The molecule has 0 saturated carbocycles. The summed E-state index contributed by atoms with van der Waals surface area (Å²) in [5, 5.41) is 16.3. The highest BCUT2D eigenvalue weighted by Gasteiger charge is 2.44. The second-order valence-electron chi connectivity index (χ2n) is 5.37. The number of aliphatic hydroxyl groups is 1. The van der Waals surface area contributed by atoms with Crippen molar-refractivity contribution in [2.75, 3.05) is 0 Å². The van der Waals surface area contributed by atoms with Gasteiger partial charge < -0.3 is 5.11 Å². The van der Waals surface area contributed by atoms with Crippen molar-refractivity contribution in [2.24, 2.45) is 0 Å². The van der Waals surface area contributed by atoms with Crippen molar-refractivity contribution >= 4 is 17.4 Å². The Labute approximate surface area is 109 Å². The molecule has 2 aromatic rings. The van der Waals surface area contributed by atoms with Crippen LogP contribution in [0, 0.1) is 0 Å². The first-order valence-electron chi connectivity index (χ1n) is 6.41. The van der Waals surface area contributed by atoms with E-state index in [-0.39, 0.29) is 0 Å². The van der Waals surface area contributed by atoms with Crippen molar-refractivity contribution in [3.05, 3.63) is 30.2 Å². The van der Waals surface area contributed by atoms with Crippen LogP contribution in [0.2, 0.25) is 0 Å². The number of hydrogen-bond acceptors (Lipinski definition) is 4. The fourth-order valence-corrected chi connectivity index (χ4v) is 5.04. The smallest absolute Gasteiger partial charge is 0.154 e. The van der Waals surface area contributed by atoms with Crippen LogP contribution in [0.3, 0.4) is 0 Å². The number of rotatable bonds is 1. The predicted octanol–water partition coefficient (Wildman–Crippen LogP) is 1.97. The highest BCUT2D eigenvalue weighted by atomic mass is 32.2. The predicted molar refractivity (Wildman–Crippen MR) is 70.5 cm³/mol. The molecule has 2 aromatic heterocycles. The van der Waals surface area contributed by atoms with Gasteiger partial charge in [0.05, 0.1) is 11.8 Å². The average molecular weight is 261 g/mol. The molecule has 2 unspecified atom stereocenters. The van der Waals surface area contributed by atoms with E-state index in [2.05, 4.69) is 21.8 Å². The maximum atomic E-state index is 10.9. The second kappa shape index (κ2) is 3.71. The van der Waals surface area contributed by atoms with Gasteiger partial charge in [0.25, 0.3) is 0 Å². The molecule has 2 aliphatic rings. The fraction of sp³-hybridized carbons (Fsp3) is 0.538. The molecule has 2 atom stereocenters. The van der Waals surface area contributed by atoms with E-state index in [0.29, 0.717) is 10.5 Å². The minimum absolute atomic E-state index is 0.613. The summed E-state index contributed by atoms with van der Waals surface area (Å²) in [6, 6.07) is 1.87. The Morgan fingerprint density at radius 3 is 2.89 bits per heavy atom. The summed E-state index contributed by atoms with van der Waals surface area (Å²) >= 11 is 2.05. The Morgan fingerprint density at radius 1 is 1.33 bits per heavy atom. The summed E-state index contributed by atoms with van der Waals surface area (Å²) in [7, 11) is 0. The van der Waals surface area contributed by atoms with Crippen molar-refractivity contribution in [1.29, 1.82) is 0 Å². The summed E-state index contributed by atoms with van der Waals surface area (Å²) < 4.78 is 1.75. The summed E-state index contributed by atoms with van der Waals surface area (Å²) in [4.78, 5) is 4.37. The molecule has 2 saturated heterocycles. The second-order valence-corrected chi connectivity index (χ2v) is 6.98. The maximum absolute atomic E-state index is 10.9. The Bertz CT molecular complexity index is 585. The molecule has 0 aromatic carbocycles. The van der Waals surface area contributed by atoms with Crippen LogP contribution >= 0.6 is 11.8 Å². The molecular weight excluding hydrogens is 246 g/mol. The van der Waals surface area contributed by atoms with E-state index < -0.39 is 5.60 Å². The van der Waals surface area contributed by atoms with Gasteiger partial charge in [-0.15, -0.1) is 0 Å². The third-order valence-corrected chi connectivity index (χ3v) is 5.68. The lowest BCUT2D eigenvalue weighted by Gasteiger charge is -2.36. The van der Waals surface area contributed by atoms with Gasteiger partial charge in [0, 0.05) is 34.5 Å². The summed E-state index contributed by atoms with van der Waals surface area (Å²) in [5.74, 6) is 0. The molecule has 0 aliphatic carbocycles. The average Bonchev–Trinajstić information content (AvgIpc) is 2.95. The van der Waals surface area contributed by atoms with E-state index in [9.17, 15) is 5.11 Å². The first-order chi connectivity index (χ1) is 8.73. The van der Waals surface area contributed by atoms with Gasteiger partial charge in [-0.1, -0.05) is 0 Å². The fourth-order valence-electron chi connectivity index (χ4n) is 3.20. The molecule has 4 nitrogen and oxygen atoms in total. The molecule has 5 heteroatoms. The quantitative estimate of drug-likeness (QED) is 0.852. The largest absolute Gasteiger partial charge is 0.385 e. The Kier molecular flexibility index (Phi) is 2.23. The molecule has 2 fully saturated rings. The molecule has 2 aliphatic heterocycles. The van der Waals surface area contributed by atoms with Gasteiger partial charge in [-0.2, -0.15) is 16.9 Å². The van der Waals surface area contributed by atoms with Gasteiger partial charge in [0.1, 0.15) is 0 Å². The number of thioether (sulfide) groups is 1. The molecule has 18 heavy (non-hydrogen) atoms. The van der Waals surface area contributed by atoms with Crippen LogP contribution in [-0.2, 0) is 5.60 Å². The van der Waals surface area contributed by atoms with Crippen molar-refractivity contribution in [1.82, 2.24) is 14.6 Å². The van der Waals surface area contributed by atoms with Crippen molar-refractivity contribution in [3.8, 4) is 0 Å². The zero-order valence-electron chi connectivity index (χ0n) is 9.99. The lowest BCUT2D eigenvalue weighted by Crippen LogP contribution is -2.35. The lowest BCUT2D eigenvalue weighted by atomic mass is 9.88. The zero-order valence-corrected chi connectivity index (χ0v) is 10.8.